The number of nitrogens with two attached hydrogens (primary N) is 2. The molecular formula is C19H22F7N5O3. The largest absolute Gasteiger partial charge is 0.415 e. The number of methoxy groups -OCH3 is 1. The lowest BCUT2D eigenvalue weighted by Gasteiger charge is -2.40. The van der Waals surface area contributed by atoms with Crippen LogP contribution in [0.15, 0.2) is 15.4 Å². The maximum atomic E-state index is 15.4. The van der Waals surface area contributed by atoms with Crippen LogP contribution >= 0.6 is 0 Å². The van der Waals surface area contributed by atoms with E-state index in [0.717, 1.165) is 12.0 Å². The molecule has 2 heterocycles. The van der Waals surface area contributed by atoms with E-state index < -0.39 is 71.7 Å². The highest BCUT2D eigenvalue weighted by molar-refractivity contribution is 5.70. The van der Waals surface area contributed by atoms with Gasteiger partial charge >= 0.3 is 18.0 Å². The van der Waals surface area contributed by atoms with E-state index in [1.165, 1.54) is 4.57 Å². The SMILES string of the molecule is COC1c2c(c(=O)[nH]c(=O)n2C2CC2)C(N)=C(F)C1N1CCC(C(N)(C(F)(F)F)C(F)(F)F)C1. The number of hydrogen-bond donors (Lipinski definition) is 3. The topological polar surface area (TPSA) is 119 Å². The van der Waals surface area contributed by atoms with Crippen LogP contribution in [0.4, 0.5) is 30.7 Å². The molecule has 1 saturated carbocycles. The zero-order chi connectivity index (χ0) is 25.4. The number of aromatic nitrogens is 2. The molecule has 190 valence electrons. The van der Waals surface area contributed by atoms with Crippen molar-refractivity contribution >= 4 is 5.70 Å². The van der Waals surface area contributed by atoms with E-state index in [2.05, 4.69) is 4.98 Å². The van der Waals surface area contributed by atoms with Crippen LogP contribution in [0, 0.1) is 5.92 Å². The second-order valence-corrected chi connectivity index (χ2v) is 8.83. The molecule has 8 nitrogen and oxygen atoms in total. The molecule has 2 aliphatic carbocycles. The number of hydrogen-bond acceptors (Lipinski definition) is 6. The monoisotopic (exact) mass is 501 g/mol. The normalized spacial score (nSPS) is 26.8. The van der Waals surface area contributed by atoms with Crippen molar-refractivity contribution in [3.63, 3.8) is 0 Å². The Bertz CT molecular complexity index is 1120. The van der Waals surface area contributed by atoms with Gasteiger partial charge in [0.25, 0.3) is 5.56 Å². The molecule has 34 heavy (non-hydrogen) atoms. The highest BCUT2D eigenvalue weighted by atomic mass is 19.4. The van der Waals surface area contributed by atoms with Crippen molar-refractivity contribution in [2.75, 3.05) is 20.2 Å². The molecule has 2 fully saturated rings. The van der Waals surface area contributed by atoms with Crippen molar-refractivity contribution in [3.8, 4) is 0 Å². The molecular weight excluding hydrogens is 479 g/mol. The number of halogens is 7. The Labute approximate surface area is 187 Å². The number of rotatable bonds is 4. The molecule has 3 unspecified atom stereocenters. The molecule has 0 spiro atoms. The molecule has 0 amide bonds. The third kappa shape index (κ3) is 3.47. The number of likely N-dealkylation sites (tertiary alicyclic amines) is 1. The van der Waals surface area contributed by atoms with Crippen molar-refractivity contribution in [2.24, 2.45) is 17.4 Å². The van der Waals surface area contributed by atoms with Gasteiger partial charge in [-0.2, -0.15) is 26.3 Å². The predicted octanol–water partition coefficient (Wildman–Crippen LogP) is 1.68. The Morgan fingerprint density at radius 2 is 1.65 bits per heavy atom. The summed E-state index contributed by atoms with van der Waals surface area (Å²) < 4.78 is 103. The first-order chi connectivity index (χ1) is 15.6. The smallest absolute Gasteiger partial charge is 0.396 e. The molecule has 0 radical (unpaired) electrons. The summed E-state index contributed by atoms with van der Waals surface area (Å²) in [7, 11) is 1.13. The molecule has 3 atom stereocenters. The number of aromatic amines is 1. The molecule has 0 bridgehead atoms. The van der Waals surface area contributed by atoms with E-state index in [-0.39, 0.29) is 23.8 Å². The van der Waals surface area contributed by atoms with Crippen LogP contribution in [0.5, 0.6) is 0 Å². The van der Waals surface area contributed by atoms with Crippen molar-refractivity contribution < 1.29 is 35.5 Å². The number of alkyl halides is 6. The first kappa shape index (κ1) is 24.7. The second-order valence-electron chi connectivity index (χ2n) is 8.83. The highest BCUT2D eigenvalue weighted by Gasteiger charge is 2.72. The van der Waals surface area contributed by atoms with Crippen LogP contribution in [0.3, 0.4) is 0 Å². The average molecular weight is 501 g/mol. The van der Waals surface area contributed by atoms with Gasteiger partial charge in [-0.25, -0.2) is 9.18 Å². The summed E-state index contributed by atoms with van der Waals surface area (Å²) in [4.78, 5) is 28.0. The van der Waals surface area contributed by atoms with Crippen molar-refractivity contribution in [1.29, 1.82) is 0 Å². The van der Waals surface area contributed by atoms with Crippen molar-refractivity contribution in [1.82, 2.24) is 14.5 Å². The molecule has 1 aliphatic heterocycles. The van der Waals surface area contributed by atoms with Crippen molar-refractivity contribution in [2.45, 2.75) is 55.3 Å². The fourth-order valence-electron chi connectivity index (χ4n) is 4.99. The molecule has 15 heteroatoms. The minimum atomic E-state index is -5.81. The lowest BCUT2D eigenvalue weighted by molar-refractivity contribution is -0.310. The lowest BCUT2D eigenvalue weighted by Crippen LogP contribution is -2.68. The number of fused-ring (bicyclic) bond motifs is 1. The molecule has 4 rings (SSSR count). The van der Waals surface area contributed by atoms with Gasteiger partial charge in [-0.3, -0.25) is 19.2 Å². The van der Waals surface area contributed by atoms with E-state index in [0.29, 0.717) is 12.8 Å². The molecule has 1 saturated heterocycles. The van der Waals surface area contributed by atoms with E-state index in [1.54, 1.807) is 0 Å². The summed E-state index contributed by atoms with van der Waals surface area (Å²) in [6.07, 6.45) is -12.5. The summed E-state index contributed by atoms with van der Waals surface area (Å²) in [6, 6.07) is -1.89. The number of ether oxygens (including phenoxy) is 1. The van der Waals surface area contributed by atoms with E-state index in [1.807, 2.05) is 0 Å². The third-order valence-corrected chi connectivity index (χ3v) is 6.89. The van der Waals surface area contributed by atoms with Gasteiger partial charge in [0.05, 0.1) is 23.0 Å². The maximum Gasteiger partial charge on any atom is 0.415 e. The number of H-pyrrole nitrogens is 1. The number of nitrogens with one attached hydrogen (secondary N) is 1. The van der Waals surface area contributed by atoms with Crippen LogP contribution in [0.1, 0.15) is 42.7 Å². The molecule has 3 aliphatic rings. The van der Waals surface area contributed by atoms with Gasteiger partial charge in [0.15, 0.2) is 0 Å². The van der Waals surface area contributed by atoms with Gasteiger partial charge in [0.2, 0.25) is 5.54 Å². The maximum absolute atomic E-state index is 15.4. The summed E-state index contributed by atoms with van der Waals surface area (Å²) >= 11 is 0. The summed E-state index contributed by atoms with van der Waals surface area (Å²) in [5.41, 5.74) is 3.47. The third-order valence-electron chi connectivity index (χ3n) is 6.89. The average Bonchev–Trinajstić information content (AvgIpc) is 3.43. The molecule has 0 aromatic carbocycles. The Kier molecular flexibility index (Phi) is 5.68. The van der Waals surface area contributed by atoms with E-state index >= 15 is 4.39 Å². The minimum Gasteiger partial charge on any atom is -0.396 e. The van der Waals surface area contributed by atoms with E-state index in [9.17, 15) is 35.9 Å². The lowest BCUT2D eigenvalue weighted by atomic mass is 9.82. The molecule has 1 aromatic rings. The first-order valence-corrected chi connectivity index (χ1v) is 10.4. The van der Waals surface area contributed by atoms with Gasteiger partial charge in [-0.1, -0.05) is 0 Å². The van der Waals surface area contributed by atoms with Gasteiger partial charge in [0.1, 0.15) is 11.9 Å². The van der Waals surface area contributed by atoms with Crippen LogP contribution in [-0.4, -0.2) is 58.6 Å². The van der Waals surface area contributed by atoms with Gasteiger partial charge in [0, 0.05) is 25.6 Å². The van der Waals surface area contributed by atoms with Gasteiger partial charge in [-0.05, 0) is 25.8 Å². The Morgan fingerprint density at radius 1 is 1.06 bits per heavy atom. The standard InChI is InChI=1S/C19H22F7N5O3/c1-34-14-12-9(15(32)29-16(33)31(12)8-2-3-8)11(27)10(20)13(14)30-5-4-7(6-30)17(28,18(21,22)23)19(24,25)26/h7-8,13-14H,2-6,27-28H2,1H3,(H,29,32,33). The fourth-order valence-corrected chi connectivity index (χ4v) is 4.99. The van der Waals surface area contributed by atoms with Crippen LogP contribution in [-0.2, 0) is 4.74 Å². The van der Waals surface area contributed by atoms with Gasteiger partial charge < -0.3 is 16.2 Å². The van der Waals surface area contributed by atoms with Crippen LogP contribution < -0.4 is 22.7 Å². The van der Waals surface area contributed by atoms with E-state index in [4.69, 9.17) is 16.2 Å². The summed E-state index contributed by atoms with van der Waals surface area (Å²) in [6.45, 7) is -1.25. The fraction of sp³-hybridized carbons (Fsp3) is 0.684. The summed E-state index contributed by atoms with van der Waals surface area (Å²) in [5.74, 6) is -3.28. The molecule has 1 aromatic heterocycles. The van der Waals surface area contributed by atoms with Crippen LogP contribution in [0.25, 0.3) is 5.70 Å². The van der Waals surface area contributed by atoms with Crippen molar-refractivity contribution in [3.05, 3.63) is 37.9 Å². The first-order valence-electron chi connectivity index (χ1n) is 10.4. The zero-order valence-corrected chi connectivity index (χ0v) is 17.8. The second kappa shape index (κ2) is 7.81. The number of nitrogens with zero attached hydrogens (tertiary/aromatic N) is 2. The molecule has 5 N–H and O–H groups in total. The highest BCUT2D eigenvalue weighted by Crippen LogP contribution is 2.50. The zero-order valence-electron chi connectivity index (χ0n) is 17.8. The summed E-state index contributed by atoms with van der Waals surface area (Å²) in [5, 5.41) is 0. The Balaban J connectivity index is 1.79. The van der Waals surface area contributed by atoms with Gasteiger partial charge in [-0.15, -0.1) is 0 Å². The van der Waals surface area contributed by atoms with Crippen LogP contribution in [0.2, 0.25) is 0 Å². The predicted molar refractivity (Wildman–Crippen MR) is 104 cm³/mol. The Morgan fingerprint density at radius 3 is 2.15 bits per heavy atom. The quantitative estimate of drug-likeness (QED) is 0.541. The Hall–Kier alpha value is -2.39. The minimum absolute atomic E-state index is 0.0586.